The highest BCUT2D eigenvalue weighted by molar-refractivity contribution is 7.11. The first-order valence-corrected chi connectivity index (χ1v) is 6.21. The average molecular weight is 226 g/mol. The number of aliphatic hydroxyl groups excluding tert-OH is 1. The number of rotatable bonds is 5. The lowest BCUT2D eigenvalue weighted by atomic mass is 10.1. The Hall–Kier alpha value is -0.450. The first-order valence-electron chi connectivity index (χ1n) is 5.40. The second-order valence-corrected chi connectivity index (χ2v) is 5.80. The minimum absolute atomic E-state index is 0.196. The van der Waals surface area contributed by atoms with Gasteiger partial charge >= 0.3 is 0 Å². The number of nitrogens with one attached hydrogen (secondary N) is 1. The lowest BCUT2D eigenvalue weighted by Crippen LogP contribution is -2.25. The van der Waals surface area contributed by atoms with Crippen molar-refractivity contribution in [2.24, 2.45) is 5.41 Å². The third kappa shape index (κ3) is 2.56. The molecule has 1 aliphatic rings. The Morgan fingerprint density at radius 1 is 1.47 bits per heavy atom. The zero-order chi connectivity index (χ0) is 10.9. The molecule has 0 spiro atoms. The number of thiazole rings is 1. The number of hydrogen-bond donors (Lipinski definition) is 2. The van der Waals surface area contributed by atoms with E-state index in [0.717, 1.165) is 36.6 Å². The Labute approximate surface area is 94.5 Å². The summed E-state index contributed by atoms with van der Waals surface area (Å²) in [4.78, 5) is 5.77. The minimum atomic E-state index is 0.196. The molecule has 0 aliphatic heterocycles. The quantitative estimate of drug-likeness (QED) is 0.802. The highest BCUT2D eigenvalue weighted by Gasteiger charge is 2.41. The van der Waals surface area contributed by atoms with Crippen LogP contribution in [0, 0.1) is 19.3 Å². The van der Waals surface area contributed by atoms with Gasteiger partial charge in [0.15, 0.2) is 0 Å². The van der Waals surface area contributed by atoms with Crippen LogP contribution in [0.3, 0.4) is 0 Å². The van der Waals surface area contributed by atoms with E-state index in [1.807, 2.05) is 6.92 Å². The van der Waals surface area contributed by atoms with Gasteiger partial charge in [-0.15, -0.1) is 11.3 Å². The first kappa shape index (κ1) is 11.0. The minimum Gasteiger partial charge on any atom is -0.396 e. The second kappa shape index (κ2) is 4.20. The van der Waals surface area contributed by atoms with Gasteiger partial charge in [-0.05, 0) is 26.7 Å². The number of nitrogens with zero attached hydrogens (tertiary/aromatic N) is 1. The molecule has 0 aromatic carbocycles. The summed E-state index contributed by atoms with van der Waals surface area (Å²) >= 11 is 1.76. The van der Waals surface area contributed by atoms with Gasteiger partial charge in [0.1, 0.15) is 5.01 Å². The largest absolute Gasteiger partial charge is 0.396 e. The van der Waals surface area contributed by atoms with Gasteiger partial charge < -0.3 is 10.4 Å². The van der Waals surface area contributed by atoms with Crippen LogP contribution in [0.4, 0.5) is 0 Å². The molecule has 0 atom stereocenters. The average Bonchev–Trinajstić information content (AvgIpc) is 2.91. The summed E-state index contributed by atoms with van der Waals surface area (Å²) in [6.45, 7) is 6.22. The molecule has 0 radical (unpaired) electrons. The molecule has 1 fully saturated rings. The molecule has 0 bridgehead atoms. The smallest absolute Gasteiger partial charge is 0.107 e. The predicted molar refractivity (Wildman–Crippen MR) is 62.0 cm³/mol. The lowest BCUT2D eigenvalue weighted by Gasteiger charge is -2.11. The molecule has 3 nitrogen and oxygen atoms in total. The Morgan fingerprint density at radius 3 is 2.67 bits per heavy atom. The number of aryl methyl sites for hydroxylation is 2. The van der Waals surface area contributed by atoms with Crippen molar-refractivity contribution in [2.75, 3.05) is 13.2 Å². The number of hydrogen-bond acceptors (Lipinski definition) is 4. The third-order valence-corrected chi connectivity index (χ3v) is 4.21. The normalized spacial score (nSPS) is 18.1. The van der Waals surface area contributed by atoms with E-state index >= 15 is 0 Å². The fourth-order valence-corrected chi connectivity index (χ4v) is 2.52. The van der Waals surface area contributed by atoms with Gasteiger partial charge in [-0.2, -0.15) is 0 Å². The van der Waals surface area contributed by atoms with E-state index in [1.165, 1.54) is 4.88 Å². The molecule has 1 heterocycles. The first-order chi connectivity index (χ1) is 7.15. The fraction of sp³-hybridized carbons (Fsp3) is 0.727. The molecule has 15 heavy (non-hydrogen) atoms. The Morgan fingerprint density at radius 2 is 2.20 bits per heavy atom. The molecule has 4 heteroatoms. The monoisotopic (exact) mass is 226 g/mol. The molecule has 1 aliphatic carbocycles. The molecule has 1 aromatic heterocycles. The van der Waals surface area contributed by atoms with E-state index in [9.17, 15) is 0 Å². The Kier molecular flexibility index (Phi) is 3.09. The molecule has 1 aromatic rings. The van der Waals surface area contributed by atoms with E-state index in [2.05, 4.69) is 17.2 Å². The van der Waals surface area contributed by atoms with E-state index in [-0.39, 0.29) is 5.41 Å². The summed E-state index contributed by atoms with van der Waals surface area (Å²) in [6.07, 6.45) is 2.32. The van der Waals surface area contributed by atoms with E-state index in [4.69, 9.17) is 5.11 Å². The molecular formula is C11H18N2OS. The van der Waals surface area contributed by atoms with Crippen molar-refractivity contribution in [1.82, 2.24) is 10.3 Å². The maximum atomic E-state index is 9.15. The summed E-state index contributed by atoms with van der Waals surface area (Å²) in [6, 6.07) is 0. The van der Waals surface area contributed by atoms with Crippen LogP contribution in [0.2, 0.25) is 0 Å². The topological polar surface area (TPSA) is 45.2 Å². The second-order valence-electron chi connectivity index (χ2n) is 4.51. The Bertz CT molecular complexity index is 325. The van der Waals surface area contributed by atoms with Gasteiger partial charge in [0.05, 0.1) is 5.69 Å². The molecule has 0 saturated heterocycles. The maximum Gasteiger partial charge on any atom is 0.107 e. The third-order valence-electron chi connectivity index (χ3n) is 3.14. The SMILES string of the molecule is Cc1nc(CNCC2(CO)CC2)sc1C. The summed E-state index contributed by atoms with van der Waals surface area (Å²) < 4.78 is 0. The lowest BCUT2D eigenvalue weighted by molar-refractivity contribution is 0.207. The van der Waals surface area contributed by atoms with Crippen molar-refractivity contribution in [1.29, 1.82) is 0 Å². The van der Waals surface area contributed by atoms with E-state index in [1.54, 1.807) is 11.3 Å². The van der Waals surface area contributed by atoms with Crippen LogP contribution in [0.15, 0.2) is 0 Å². The summed E-state index contributed by atoms with van der Waals surface area (Å²) in [5.74, 6) is 0. The highest BCUT2D eigenvalue weighted by atomic mass is 32.1. The molecule has 1 saturated carbocycles. The van der Waals surface area contributed by atoms with Crippen molar-refractivity contribution in [3.63, 3.8) is 0 Å². The fourth-order valence-electron chi connectivity index (χ4n) is 1.62. The molecular weight excluding hydrogens is 208 g/mol. The van der Waals surface area contributed by atoms with Crippen LogP contribution in [0.5, 0.6) is 0 Å². The van der Waals surface area contributed by atoms with E-state index < -0.39 is 0 Å². The zero-order valence-electron chi connectivity index (χ0n) is 9.34. The summed E-state index contributed by atoms with van der Waals surface area (Å²) in [5.41, 5.74) is 1.33. The molecule has 0 unspecified atom stereocenters. The van der Waals surface area contributed by atoms with Crippen LogP contribution >= 0.6 is 11.3 Å². The summed E-state index contributed by atoms with van der Waals surface area (Å²) in [7, 11) is 0. The van der Waals surface area contributed by atoms with Crippen molar-refractivity contribution < 1.29 is 5.11 Å². The maximum absolute atomic E-state index is 9.15. The van der Waals surface area contributed by atoms with Gasteiger partial charge in [0, 0.05) is 30.0 Å². The van der Waals surface area contributed by atoms with Crippen molar-refractivity contribution in [2.45, 2.75) is 33.2 Å². The van der Waals surface area contributed by atoms with Crippen molar-refractivity contribution >= 4 is 11.3 Å². The van der Waals surface area contributed by atoms with Crippen LogP contribution in [0.25, 0.3) is 0 Å². The van der Waals surface area contributed by atoms with Crippen molar-refractivity contribution in [3.8, 4) is 0 Å². The standard InChI is InChI=1S/C11H18N2OS/c1-8-9(2)15-10(13-8)5-12-6-11(7-14)3-4-11/h12,14H,3-7H2,1-2H3. The molecule has 2 rings (SSSR count). The van der Waals surface area contributed by atoms with Crippen molar-refractivity contribution in [3.05, 3.63) is 15.6 Å². The predicted octanol–water partition coefficient (Wildman–Crippen LogP) is 1.62. The van der Waals surface area contributed by atoms with Crippen LogP contribution < -0.4 is 5.32 Å². The van der Waals surface area contributed by atoms with Crippen LogP contribution in [-0.4, -0.2) is 23.2 Å². The number of aromatic nitrogens is 1. The number of aliphatic hydroxyl groups is 1. The molecule has 84 valence electrons. The van der Waals surface area contributed by atoms with Gasteiger partial charge in [-0.3, -0.25) is 0 Å². The van der Waals surface area contributed by atoms with Gasteiger partial charge in [0.25, 0.3) is 0 Å². The molecule has 2 N–H and O–H groups in total. The van der Waals surface area contributed by atoms with Gasteiger partial charge in [0.2, 0.25) is 0 Å². The molecule has 0 amide bonds. The van der Waals surface area contributed by atoms with Crippen LogP contribution in [0.1, 0.15) is 28.4 Å². The highest BCUT2D eigenvalue weighted by Crippen LogP contribution is 2.44. The van der Waals surface area contributed by atoms with E-state index in [0.29, 0.717) is 6.61 Å². The van der Waals surface area contributed by atoms with Gasteiger partial charge in [-0.1, -0.05) is 0 Å². The zero-order valence-corrected chi connectivity index (χ0v) is 10.2. The van der Waals surface area contributed by atoms with Crippen LogP contribution in [-0.2, 0) is 6.54 Å². The Balaban J connectivity index is 1.78. The van der Waals surface area contributed by atoms with Gasteiger partial charge in [-0.25, -0.2) is 4.98 Å². The summed E-state index contributed by atoms with van der Waals surface area (Å²) in [5, 5.41) is 13.7.